The molecule has 0 radical (unpaired) electrons. The molecule has 0 aliphatic rings. The van der Waals surface area contributed by atoms with Gasteiger partial charge < -0.3 is 10.2 Å². The SMILES string of the molecule is CCCCN(C)c1cc(C(=O)Nc2ccc(C)c(Br)c2)ccn1. The highest BCUT2D eigenvalue weighted by Crippen LogP contribution is 2.21. The number of carbonyl (C=O) groups is 1. The second-order valence-electron chi connectivity index (χ2n) is 5.60. The van der Waals surface area contributed by atoms with Crippen LogP contribution in [0.25, 0.3) is 0 Å². The van der Waals surface area contributed by atoms with Crippen molar-refractivity contribution in [3.63, 3.8) is 0 Å². The van der Waals surface area contributed by atoms with Crippen LogP contribution in [0.3, 0.4) is 0 Å². The van der Waals surface area contributed by atoms with Gasteiger partial charge in [0, 0.05) is 35.5 Å². The van der Waals surface area contributed by atoms with Crippen LogP contribution in [0, 0.1) is 6.92 Å². The number of hydrogen-bond acceptors (Lipinski definition) is 3. The van der Waals surface area contributed by atoms with Gasteiger partial charge in [0.1, 0.15) is 5.82 Å². The zero-order valence-electron chi connectivity index (χ0n) is 13.8. The number of benzene rings is 1. The van der Waals surface area contributed by atoms with Gasteiger partial charge in [-0.2, -0.15) is 0 Å². The summed E-state index contributed by atoms with van der Waals surface area (Å²) in [7, 11) is 2.00. The van der Waals surface area contributed by atoms with Crippen molar-refractivity contribution in [2.24, 2.45) is 0 Å². The van der Waals surface area contributed by atoms with E-state index >= 15 is 0 Å². The van der Waals surface area contributed by atoms with Gasteiger partial charge in [-0.05, 0) is 43.2 Å². The number of hydrogen-bond donors (Lipinski definition) is 1. The first-order valence-corrected chi connectivity index (χ1v) is 8.55. The molecule has 2 rings (SSSR count). The predicted molar refractivity (Wildman–Crippen MR) is 99.2 cm³/mol. The number of aryl methyl sites for hydroxylation is 1. The maximum atomic E-state index is 12.4. The Bertz CT molecular complexity index is 688. The molecule has 5 heteroatoms. The van der Waals surface area contributed by atoms with Crippen LogP contribution in [0.5, 0.6) is 0 Å². The van der Waals surface area contributed by atoms with E-state index in [1.807, 2.05) is 38.2 Å². The van der Waals surface area contributed by atoms with Crippen molar-refractivity contribution < 1.29 is 4.79 Å². The summed E-state index contributed by atoms with van der Waals surface area (Å²) >= 11 is 3.48. The Morgan fingerprint density at radius 3 is 2.78 bits per heavy atom. The van der Waals surface area contributed by atoms with Crippen molar-refractivity contribution >= 4 is 33.3 Å². The average Bonchev–Trinajstić information content (AvgIpc) is 2.56. The van der Waals surface area contributed by atoms with Crippen LogP contribution in [0.1, 0.15) is 35.7 Å². The molecular formula is C18H22BrN3O. The van der Waals surface area contributed by atoms with Gasteiger partial charge >= 0.3 is 0 Å². The maximum Gasteiger partial charge on any atom is 0.255 e. The van der Waals surface area contributed by atoms with Crippen LogP contribution < -0.4 is 10.2 Å². The minimum atomic E-state index is -0.131. The van der Waals surface area contributed by atoms with Crippen molar-refractivity contribution in [1.29, 1.82) is 0 Å². The molecule has 0 bridgehead atoms. The summed E-state index contributed by atoms with van der Waals surface area (Å²) in [5.41, 5.74) is 2.51. The molecule has 1 aromatic heterocycles. The van der Waals surface area contributed by atoms with E-state index in [0.717, 1.165) is 40.9 Å². The van der Waals surface area contributed by atoms with Gasteiger partial charge in [-0.15, -0.1) is 0 Å². The molecule has 0 atom stereocenters. The molecule has 0 unspecified atom stereocenters. The zero-order valence-corrected chi connectivity index (χ0v) is 15.4. The van der Waals surface area contributed by atoms with Crippen molar-refractivity contribution in [3.05, 3.63) is 52.1 Å². The van der Waals surface area contributed by atoms with Gasteiger partial charge in [-0.3, -0.25) is 4.79 Å². The lowest BCUT2D eigenvalue weighted by Gasteiger charge is -2.18. The Balaban J connectivity index is 2.11. The highest BCUT2D eigenvalue weighted by molar-refractivity contribution is 9.10. The van der Waals surface area contributed by atoms with E-state index in [4.69, 9.17) is 0 Å². The summed E-state index contributed by atoms with van der Waals surface area (Å²) in [5, 5.41) is 2.92. The molecule has 0 aliphatic carbocycles. The van der Waals surface area contributed by atoms with E-state index in [9.17, 15) is 4.79 Å². The smallest absolute Gasteiger partial charge is 0.255 e. The summed E-state index contributed by atoms with van der Waals surface area (Å²) in [6, 6.07) is 9.33. The van der Waals surface area contributed by atoms with Crippen LogP contribution in [-0.4, -0.2) is 24.5 Å². The second kappa shape index (κ2) is 8.11. The molecule has 122 valence electrons. The molecule has 0 aliphatic heterocycles. The number of aromatic nitrogens is 1. The minimum Gasteiger partial charge on any atom is -0.360 e. The van der Waals surface area contributed by atoms with E-state index in [0.29, 0.717) is 5.56 Å². The van der Waals surface area contributed by atoms with Gasteiger partial charge in [0.2, 0.25) is 0 Å². The lowest BCUT2D eigenvalue weighted by Crippen LogP contribution is -2.20. The van der Waals surface area contributed by atoms with E-state index in [2.05, 4.69) is 38.1 Å². The summed E-state index contributed by atoms with van der Waals surface area (Å²) < 4.78 is 0.977. The number of rotatable bonds is 6. The number of unbranched alkanes of at least 4 members (excludes halogenated alkanes) is 1. The molecule has 0 spiro atoms. The third kappa shape index (κ3) is 4.79. The number of nitrogens with zero attached hydrogens (tertiary/aromatic N) is 2. The van der Waals surface area contributed by atoms with Gasteiger partial charge in [0.15, 0.2) is 0 Å². The molecule has 0 saturated heterocycles. The van der Waals surface area contributed by atoms with Crippen LogP contribution in [0.4, 0.5) is 11.5 Å². The van der Waals surface area contributed by atoms with Crippen molar-refractivity contribution in [2.45, 2.75) is 26.7 Å². The normalized spacial score (nSPS) is 10.4. The first-order chi connectivity index (χ1) is 11.0. The van der Waals surface area contributed by atoms with Crippen LogP contribution >= 0.6 is 15.9 Å². The highest BCUT2D eigenvalue weighted by atomic mass is 79.9. The fourth-order valence-corrected chi connectivity index (χ4v) is 2.53. The Labute approximate surface area is 146 Å². The number of nitrogens with one attached hydrogen (secondary N) is 1. The van der Waals surface area contributed by atoms with E-state index in [1.54, 1.807) is 12.3 Å². The maximum absolute atomic E-state index is 12.4. The molecule has 2 aromatic rings. The zero-order chi connectivity index (χ0) is 16.8. The molecule has 1 N–H and O–H groups in total. The summed E-state index contributed by atoms with van der Waals surface area (Å²) in [4.78, 5) is 18.8. The Morgan fingerprint density at radius 2 is 2.09 bits per heavy atom. The third-order valence-electron chi connectivity index (χ3n) is 3.68. The summed E-state index contributed by atoms with van der Waals surface area (Å²) in [5.74, 6) is 0.685. The fourth-order valence-electron chi connectivity index (χ4n) is 2.15. The predicted octanol–water partition coefficient (Wildman–Crippen LogP) is 4.64. The quantitative estimate of drug-likeness (QED) is 0.799. The molecule has 23 heavy (non-hydrogen) atoms. The lowest BCUT2D eigenvalue weighted by molar-refractivity contribution is 0.102. The molecule has 0 fully saturated rings. The second-order valence-corrected chi connectivity index (χ2v) is 6.45. The number of pyridine rings is 1. The number of amides is 1. The molecule has 1 aromatic carbocycles. The number of halogens is 1. The van der Waals surface area contributed by atoms with E-state index < -0.39 is 0 Å². The number of carbonyl (C=O) groups excluding carboxylic acids is 1. The number of anilines is 2. The topological polar surface area (TPSA) is 45.2 Å². The molecule has 1 heterocycles. The standard InChI is InChI=1S/C18H22BrN3O/c1-4-5-10-22(3)17-11-14(8-9-20-17)18(23)21-15-7-6-13(2)16(19)12-15/h6-9,11-12H,4-5,10H2,1-3H3,(H,21,23). The molecule has 1 amide bonds. The van der Waals surface area contributed by atoms with Crippen molar-refractivity contribution in [1.82, 2.24) is 4.98 Å². The van der Waals surface area contributed by atoms with E-state index in [1.165, 1.54) is 0 Å². The van der Waals surface area contributed by atoms with Gasteiger partial charge in [-0.1, -0.05) is 35.3 Å². The van der Waals surface area contributed by atoms with E-state index in [-0.39, 0.29) is 5.91 Å². The minimum absolute atomic E-state index is 0.131. The van der Waals surface area contributed by atoms with Crippen LogP contribution in [-0.2, 0) is 0 Å². The Morgan fingerprint density at radius 1 is 1.30 bits per heavy atom. The highest BCUT2D eigenvalue weighted by Gasteiger charge is 2.10. The third-order valence-corrected chi connectivity index (χ3v) is 4.53. The fraction of sp³-hybridized carbons (Fsp3) is 0.333. The van der Waals surface area contributed by atoms with Crippen molar-refractivity contribution in [3.8, 4) is 0 Å². The molecule has 4 nitrogen and oxygen atoms in total. The van der Waals surface area contributed by atoms with Crippen LogP contribution in [0.15, 0.2) is 41.0 Å². The first-order valence-electron chi connectivity index (χ1n) is 7.76. The summed E-state index contributed by atoms with van der Waals surface area (Å²) in [6.07, 6.45) is 3.91. The average molecular weight is 376 g/mol. The van der Waals surface area contributed by atoms with Gasteiger partial charge in [0.05, 0.1) is 0 Å². The largest absolute Gasteiger partial charge is 0.360 e. The molecule has 0 saturated carbocycles. The lowest BCUT2D eigenvalue weighted by atomic mass is 10.2. The Hall–Kier alpha value is -1.88. The monoisotopic (exact) mass is 375 g/mol. The van der Waals surface area contributed by atoms with Crippen molar-refractivity contribution in [2.75, 3.05) is 23.8 Å². The van der Waals surface area contributed by atoms with Gasteiger partial charge in [-0.25, -0.2) is 4.98 Å². The Kier molecular flexibility index (Phi) is 6.16. The van der Waals surface area contributed by atoms with Gasteiger partial charge in [0.25, 0.3) is 5.91 Å². The first kappa shape index (κ1) is 17.5. The molecular weight excluding hydrogens is 354 g/mol. The van der Waals surface area contributed by atoms with Crippen LogP contribution in [0.2, 0.25) is 0 Å². The summed E-state index contributed by atoms with van der Waals surface area (Å²) in [6.45, 7) is 5.10.